The van der Waals surface area contributed by atoms with E-state index in [-0.39, 0.29) is 29.3 Å². The third kappa shape index (κ3) is 5.88. The van der Waals surface area contributed by atoms with Gasteiger partial charge in [0.1, 0.15) is 0 Å². The minimum Gasteiger partial charge on any atom is -0.352 e. The number of sulfonamides is 2. The predicted octanol–water partition coefficient (Wildman–Crippen LogP) is 1.54. The van der Waals surface area contributed by atoms with Gasteiger partial charge in [0.15, 0.2) is 0 Å². The van der Waals surface area contributed by atoms with Crippen molar-refractivity contribution in [3.8, 4) is 0 Å². The first kappa shape index (κ1) is 24.0. The van der Waals surface area contributed by atoms with E-state index in [4.69, 9.17) is 0 Å². The average molecular weight is 454 g/mol. The van der Waals surface area contributed by atoms with Crippen molar-refractivity contribution in [1.82, 2.24) is 14.3 Å². The largest absolute Gasteiger partial charge is 0.352 e. The fraction of sp³-hybridized carbons (Fsp3) is 0.350. The molecule has 0 aliphatic heterocycles. The molecule has 2 N–H and O–H groups in total. The molecule has 2 aromatic carbocycles. The van der Waals surface area contributed by atoms with Crippen LogP contribution in [0.3, 0.4) is 0 Å². The predicted molar refractivity (Wildman–Crippen MR) is 115 cm³/mol. The van der Waals surface area contributed by atoms with E-state index in [1.54, 1.807) is 30.3 Å². The number of hydrogen-bond donors (Lipinski definition) is 2. The fourth-order valence-corrected chi connectivity index (χ4v) is 4.88. The second kappa shape index (κ2) is 9.69. The SMILES string of the molecule is Cc1ccc(S(=O)(=O)NCCC(=O)NCc2ccccc2S(=O)(=O)N(C)C)cc1C. The molecular formula is C20H27N3O5S2. The van der Waals surface area contributed by atoms with Gasteiger partial charge in [-0.1, -0.05) is 24.3 Å². The minimum atomic E-state index is -3.71. The molecule has 0 atom stereocenters. The monoisotopic (exact) mass is 453 g/mol. The van der Waals surface area contributed by atoms with Gasteiger partial charge < -0.3 is 5.32 Å². The Hall–Kier alpha value is -2.27. The van der Waals surface area contributed by atoms with Crippen LogP contribution in [-0.2, 0) is 31.4 Å². The van der Waals surface area contributed by atoms with Gasteiger partial charge in [-0.2, -0.15) is 0 Å². The fourth-order valence-electron chi connectivity index (χ4n) is 2.64. The van der Waals surface area contributed by atoms with Crippen molar-refractivity contribution in [2.75, 3.05) is 20.6 Å². The van der Waals surface area contributed by atoms with Crippen LogP contribution in [0, 0.1) is 13.8 Å². The van der Waals surface area contributed by atoms with Gasteiger partial charge in [-0.3, -0.25) is 4.79 Å². The second-order valence-electron chi connectivity index (χ2n) is 7.07. The van der Waals surface area contributed by atoms with Crippen LogP contribution in [0.1, 0.15) is 23.1 Å². The highest BCUT2D eigenvalue weighted by Crippen LogP contribution is 2.18. The summed E-state index contributed by atoms with van der Waals surface area (Å²) < 4.78 is 53.0. The molecule has 0 spiro atoms. The molecule has 0 bridgehead atoms. The van der Waals surface area contributed by atoms with E-state index in [2.05, 4.69) is 10.0 Å². The number of carbonyl (C=O) groups excluding carboxylic acids is 1. The number of rotatable bonds is 9. The van der Waals surface area contributed by atoms with Gasteiger partial charge in [0.2, 0.25) is 26.0 Å². The highest BCUT2D eigenvalue weighted by molar-refractivity contribution is 7.89. The Morgan fingerprint density at radius 2 is 1.63 bits per heavy atom. The standard InChI is InChI=1S/C20H27N3O5S2/c1-15-9-10-18(13-16(15)2)29(25,26)22-12-11-20(24)21-14-17-7-5-6-8-19(17)30(27,28)23(3)4/h5-10,13,22H,11-12,14H2,1-4H3,(H,21,24). The van der Waals surface area contributed by atoms with Crippen molar-refractivity contribution in [3.05, 3.63) is 59.2 Å². The molecule has 1 amide bonds. The van der Waals surface area contributed by atoms with E-state index in [1.165, 1.54) is 26.2 Å². The molecule has 0 unspecified atom stereocenters. The Kier molecular flexibility index (Phi) is 7.75. The van der Waals surface area contributed by atoms with E-state index >= 15 is 0 Å². The first-order valence-corrected chi connectivity index (χ1v) is 12.2. The van der Waals surface area contributed by atoms with E-state index in [9.17, 15) is 21.6 Å². The number of nitrogens with one attached hydrogen (secondary N) is 2. The molecule has 164 valence electrons. The van der Waals surface area contributed by atoms with Crippen LogP contribution in [0.15, 0.2) is 52.3 Å². The van der Waals surface area contributed by atoms with Crippen LogP contribution in [0.5, 0.6) is 0 Å². The summed E-state index contributed by atoms with van der Waals surface area (Å²) in [5.41, 5.74) is 2.31. The Morgan fingerprint density at radius 1 is 0.967 bits per heavy atom. The van der Waals surface area contributed by atoms with Gasteiger partial charge in [0.25, 0.3) is 0 Å². The Labute approximate surface area is 178 Å². The zero-order valence-corrected chi connectivity index (χ0v) is 19.1. The molecule has 0 radical (unpaired) electrons. The van der Waals surface area contributed by atoms with Crippen molar-refractivity contribution in [1.29, 1.82) is 0 Å². The maximum absolute atomic E-state index is 12.4. The summed E-state index contributed by atoms with van der Waals surface area (Å²) in [6.45, 7) is 3.67. The van der Waals surface area contributed by atoms with Gasteiger partial charge in [0, 0.05) is 33.6 Å². The molecule has 2 aromatic rings. The summed E-state index contributed by atoms with van der Waals surface area (Å²) in [6, 6.07) is 11.2. The molecule has 10 heteroatoms. The highest BCUT2D eigenvalue weighted by atomic mass is 32.2. The number of benzene rings is 2. The molecule has 0 aromatic heterocycles. The van der Waals surface area contributed by atoms with Crippen LogP contribution >= 0.6 is 0 Å². The Bertz CT molecular complexity index is 1130. The van der Waals surface area contributed by atoms with Crippen molar-refractivity contribution < 1.29 is 21.6 Å². The average Bonchev–Trinajstić information content (AvgIpc) is 2.68. The van der Waals surface area contributed by atoms with Crippen molar-refractivity contribution in [2.45, 2.75) is 36.6 Å². The molecule has 0 heterocycles. The van der Waals surface area contributed by atoms with E-state index < -0.39 is 26.0 Å². The number of nitrogens with zero attached hydrogens (tertiary/aromatic N) is 1. The summed E-state index contributed by atoms with van der Waals surface area (Å²) in [7, 11) is -4.48. The lowest BCUT2D eigenvalue weighted by Crippen LogP contribution is -2.31. The number of hydrogen-bond acceptors (Lipinski definition) is 5. The minimum absolute atomic E-state index is 0.0198. The third-order valence-electron chi connectivity index (χ3n) is 4.64. The Morgan fingerprint density at radius 3 is 2.27 bits per heavy atom. The van der Waals surface area contributed by atoms with Crippen LogP contribution in [0.4, 0.5) is 0 Å². The first-order chi connectivity index (χ1) is 13.9. The summed E-state index contributed by atoms with van der Waals surface area (Å²) in [5, 5.41) is 2.64. The second-order valence-corrected chi connectivity index (χ2v) is 11.0. The highest BCUT2D eigenvalue weighted by Gasteiger charge is 2.21. The van der Waals surface area contributed by atoms with E-state index in [0.29, 0.717) is 5.56 Å². The zero-order valence-electron chi connectivity index (χ0n) is 17.5. The number of carbonyl (C=O) groups is 1. The van der Waals surface area contributed by atoms with Crippen LogP contribution in [-0.4, -0.2) is 47.7 Å². The van der Waals surface area contributed by atoms with Crippen molar-refractivity contribution in [2.24, 2.45) is 0 Å². The third-order valence-corrected chi connectivity index (χ3v) is 8.01. The molecule has 30 heavy (non-hydrogen) atoms. The molecule has 8 nitrogen and oxygen atoms in total. The molecule has 2 rings (SSSR count). The maximum Gasteiger partial charge on any atom is 0.242 e. The lowest BCUT2D eigenvalue weighted by atomic mass is 10.1. The topological polar surface area (TPSA) is 113 Å². The molecular weight excluding hydrogens is 426 g/mol. The normalized spacial score (nSPS) is 12.2. The van der Waals surface area contributed by atoms with Crippen LogP contribution < -0.4 is 10.0 Å². The van der Waals surface area contributed by atoms with Gasteiger partial charge in [0.05, 0.1) is 9.79 Å². The van der Waals surface area contributed by atoms with Gasteiger partial charge in [-0.05, 0) is 48.7 Å². The van der Waals surface area contributed by atoms with E-state index in [1.807, 2.05) is 13.8 Å². The molecule has 0 fully saturated rings. The Balaban J connectivity index is 1.94. The lowest BCUT2D eigenvalue weighted by molar-refractivity contribution is -0.121. The van der Waals surface area contributed by atoms with Crippen molar-refractivity contribution >= 4 is 26.0 Å². The van der Waals surface area contributed by atoms with Gasteiger partial charge in [-0.25, -0.2) is 25.9 Å². The van der Waals surface area contributed by atoms with Crippen molar-refractivity contribution in [3.63, 3.8) is 0 Å². The molecule has 0 saturated carbocycles. The first-order valence-electron chi connectivity index (χ1n) is 9.29. The number of amides is 1. The van der Waals surface area contributed by atoms with Crippen LogP contribution in [0.25, 0.3) is 0 Å². The van der Waals surface area contributed by atoms with Crippen LogP contribution in [0.2, 0.25) is 0 Å². The zero-order chi connectivity index (χ0) is 22.5. The quantitative estimate of drug-likeness (QED) is 0.598. The smallest absolute Gasteiger partial charge is 0.242 e. The summed E-state index contributed by atoms with van der Waals surface area (Å²) in [6.07, 6.45) is -0.0767. The van der Waals surface area contributed by atoms with Gasteiger partial charge >= 0.3 is 0 Å². The maximum atomic E-state index is 12.4. The molecule has 0 aliphatic carbocycles. The van der Waals surface area contributed by atoms with Gasteiger partial charge in [-0.15, -0.1) is 0 Å². The summed E-state index contributed by atoms with van der Waals surface area (Å²) in [5.74, 6) is -0.394. The number of aryl methyl sites for hydroxylation is 2. The molecule has 0 saturated heterocycles. The summed E-state index contributed by atoms with van der Waals surface area (Å²) >= 11 is 0. The lowest BCUT2D eigenvalue weighted by Gasteiger charge is -2.15. The summed E-state index contributed by atoms with van der Waals surface area (Å²) in [4.78, 5) is 12.4. The van der Waals surface area contributed by atoms with E-state index in [0.717, 1.165) is 15.4 Å². The molecule has 0 aliphatic rings.